The van der Waals surface area contributed by atoms with E-state index in [-0.39, 0.29) is 17.8 Å². The van der Waals surface area contributed by atoms with Gasteiger partial charge in [-0.05, 0) is 43.8 Å². The van der Waals surface area contributed by atoms with Crippen molar-refractivity contribution in [3.05, 3.63) is 0 Å². The molecule has 0 aromatic carbocycles. The molecule has 2 fully saturated rings. The summed E-state index contributed by atoms with van der Waals surface area (Å²) >= 11 is 0. The fourth-order valence-corrected chi connectivity index (χ4v) is 5.95. The molecule has 0 amide bonds. The molecule has 1 spiro atoms. The van der Waals surface area contributed by atoms with E-state index in [1.807, 2.05) is 7.11 Å². The van der Waals surface area contributed by atoms with E-state index in [4.69, 9.17) is 13.9 Å². The van der Waals surface area contributed by atoms with Crippen LogP contribution in [0.4, 0.5) is 0 Å². The predicted molar refractivity (Wildman–Crippen MR) is 103 cm³/mol. The van der Waals surface area contributed by atoms with Crippen molar-refractivity contribution in [2.45, 2.75) is 90.8 Å². The Labute approximate surface area is 151 Å². The Morgan fingerprint density at radius 3 is 2.21 bits per heavy atom. The van der Waals surface area contributed by atoms with E-state index in [9.17, 15) is 0 Å². The summed E-state index contributed by atoms with van der Waals surface area (Å²) in [6.07, 6.45) is 5.39. The maximum atomic E-state index is 6.60. The molecule has 2 aliphatic rings. The molecule has 2 rings (SSSR count). The highest BCUT2D eigenvalue weighted by Crippen LogP contribution is 2.53. The summed E-state index contributed by atoms with van der Waals surface area (Å²) in [5.74, 6) is 2.38. The van der Waals surface area contributed by atoms with Gasteiger partial charge in [0.2, 0.25) is 0 Å². The zero-order chi connectivity index (χ0) is 18.1. The van der Waals surface area contributed by atoms with Crippen molar-refractivity contribution in [1.82, 2.24) is 0 Å². The Bertz CT molecular complexity index is 400. The molecular weight excluding hydrogens is 316 g/mol. The monoisotopic (exact) mass is 356 g/mol. The van der Waals surface area contributed by atoms with Crippen LogP contribution < -0.4 is 0 Å². The Morgan fingerprint density at radius 2 is 1.75 bits per heavy atom. The molecule has 0 unspecified atom stereocenters. The lowest BCUT2D eigenvalue weighted by Crippen LogP contribution is -2.57. The summed E-state index contributed by atoms with van der Waals surface area (Å²) in [7, 11) is 0.272. The van der Waals surface area contributed by atoms with Crippen molar-refractivity contribution >= 4 is 8.32 Å². The average Bonchev–Trinajstić information content (AvgIpc) is 3.19. The van der Waals surface area contributed by atoms with Gasteiger partial charge in [0.05, 0.1) is 24.4 Å². The smallest absolute Gasteiger partial charge is 0.184 e. The highest BCUT2D eigenvalue weighted by Gasteiger charge is 2.62. The Kier molecular flexibility index (Phi) is 6.61. The first-order valence-corrected chi connectivity index (χ1v) is 13.3. The van der Waals surface area contributed by atoms with Crippen LogP contribution in [-0.2, 0) is 13.9 Å². The highest BCUT2D eigenvalue weighted by molar-refractivity contribution is 6.69. The molecule has 142 valence electrons. The lowest BCUT2D eigenvalue weighted by molar-refractivity contribution is -0.127. The van der Waals surface area contributed by atoms with Gasteiger partial charge in [-0.25, -0.2) is 0 Å². The van der Waals surface area contributed by atoms with Crippen molar-refractivity contribution in [3.63, 3.8) is 0 Å². The lowest BCUT2D eigenvalue weighted by Gasteiger charge is -2.48. The van der Waals surface area contributed by atoms with Crippen molar-refractivity contribution in [2.75, 3.05) is 13.7 Å². The van der Waals surface area contributed by atoms with Crippen LogP contribution in [0.1, 0.15) is 53.4 Å². The number of hydrogen-bond donors (Lipinski definition) is 0. The average molecular weight is 357 g/mol. The molecular formula is C20H40O3Si. The summed E-state index contributed by atoms with van der Waals surface area (Å²) in [4.78, 5) is 0. The van der Waals surface area contributed by atoms with Crippen molar-refractivity contribution in [3.8, 4) is 0 Å². The molecule has 6 atom stereocenters. The van der Waals surface area contributed by atoms with Crippen molar-refractivity contribution < 1.29 is 13.9 Å². The van der Waals surface area contributed by atoms with Gasteiger partial charge in [0.15, 0.2) is 8.32 Å². The SMILES string of the molecule is CO[C@@H]1[C@H](O[Si](C)(C)C)[C@H](C)C[C@]2(CO2)[C@H]1[C@@H](C)CCCC(C)C. The largest absolute Gasteiger partial charge is 0.412 e. The van der Waals surface area contributed by atoms with Crippen LogP contribution in [0.25, 0.3) is 0 Å². The summed E-state index contributed by atoms with van der Waals surface area (Å²) in [6, 6.07) is 0. The van der Waals surface area contributed by atoms with Gasteiger partial charge in [-0.1, -0.05) is 47.0 Å². The molecule has 1 aliphatic carbocycles. The van der Waals surface area contributed by atoms with Gasteiger partial charge in [0.25, 0.3) is 0 Å². The Morgan fingerprint density at radius 1 is 1.12 bits per heavy atom. The standard InChI is InChI=1S/C20H40O3Si/c1-14(2)10-9-11-15(3)17-19(21-5)18(23-24(6,7)8)16(4)12-20(17)13-22-20/h14-19H,9-13H2,1-8H3/t15-,16+,17-,18+,19-,20-/m0/s1. The molecule has 0 aromatic heterocycles. The van der Waals surface area contributed by atoms with E-state index < -0.39 is 8.32 Å². The minimum absolute atomic E-state index is 0.0661. The fourth-order valence-electron chi connectivity index (χ4n) is 4.77. The molecule has 0 aromatic rings. The molecule has 1 saturated heterocycles. The van der Waals surface area contributed by atoms with Crippen molar-refractivity contribution in [1.29, 1.82) is 0 Å². The number of hydrogen-bond acceptors (Lipinski definition) is 3. The maximum Gasteiger partial charge on any atom is 0.184 e. The summed E-state index contributed by atoms with van der Waals surface area (Å²) in [5.41, 5.74) is 0.0661. The van der Waals surface area contributed by atoms with Crippen LogP contribution in [0.3, 0.4) is 0 Å². The predicted octanol–water partition coefficient (Wildman–Crippen LogP) is 5.11. The molecule has 0 bridgehead atoms. The van der Waals surface area contributed by atoms with Crippen LogP contribution >= 0.6 is 0 Å². The van der Waals surface area contributed by atoms with Crippen LogP contribution in [0.2, 0.25) is 19.6 Å². The van der Waals surface area contributed by atoms with Crippen molar-refractivity contribution in [2.24, 2.45) is 23.7 Å². The zero-order valence-corrected chi connectivity index (χ0v) is 18.2. The maximum absolute atomic E-state index is 6.60. The van der Waals surface area contributed by atoms with E-state index in [0.29, 0.717) is 17.8 Å². The third-order valence-electron chi connectivity index (χ3n) is 5.84. The van der Waals surface area contributed by atoms with Crippen LogP contribution in [0.5, 0.6) is 0 Å². The third-order valence-corrected chi connectivity index (χ3v) is 6.82. The molecule has 1 aliphatic heterocycles. The molecule has 1 heterocycles. The topological polar surface area (TPSA) is 31.0 Å². The van der Waals surface area contributed by atoms with E-state index in [0.717, 1.165) is 18.9 Å². The molecule has 0 radical (unpaired) electrons. The minimum Gasteiger partial charge on any atom is -0.412 e. The van der Waals surface area contributed by atoms with E-state index >= 15 is 0 Å². The van der Waals surface area contributed by atoms with E-state index in [1.165, 1.54) is 19.3 Å². The van der Waals surface area contributed by atoms with Crippen LogP contribution in [0.15, 0.2) is 0 Å². The second-order valence-electron chi connectivity index (χ2n) is 9.76. The summed E-state index contributed by atoms with van der Waals surface area (Å²) < 4.78 is 18.7. The molecule has 3 nitrogen and oxygen atoms in total. The van der Waals surface area contributed by atoms with Gasteiger partial charge in [-0.3, -0.25) is 0 Å². The Balaban J connectivity index is 2.13. The van der Waals surface area contributed by atoms with E-state index in [2.05, 4.69) is 47.3 Å². The highest BCUT2D eigenvalue weighted by atomic mass is 28.4. The van der Waals surface area contributed by atoms with E-state index in [1.54, 1.807) is 0 Å². The molecule has 4 heteroatoms. The third kappa shape index (κ3) is 4.84. The molecule has 24 heavy (non-hydrogen) atoms. The second kappa shape index (κ2) is 7.77. The first-order valence-electron chi connectivity index (χ1n) is 9.94. The lowest BCUT2D eigenvalue weighted by atomic mass is 9.65. The number of epoxide rings is 1. The quantitative estimate of drug-likeness (QED) is 0.447. The second-order valence-corrected chi connectivity index (χ2v) is 14.2. The summed E-state index contributed by atoms with van der Waals surface area (Å²) in [6.45, 7) is 17.1. The van der Waals surface area contributed by atoms with Gasteiger partial charge >= 0.3 is 0 Å². The normalized spacial score (nSPS) is 37.9. The minimum atomic E-state index is -1.60. The zero-order valence-electron chi connectivity index (χ0n) is 17.2. The number of methoxy groups -OCH3 is 1. The first kappa shape index (κ1) is 20.4. The van der Waals surface area contributed by atoms with Crippen LogP contribution in [-0.4, -0.2) is 39.8 Å². The Hall–Kier alpha value is 0.0969. The van der Waals surface area contributed by atoms with Gasteiger partial charge < -0.3 is 13.9 Å². The molecule has 1 saturated carbocycles. The fraction of sp³-hybridized carbons (Fsp3) is 1.00. The first-order chi connectivity index (χ1) is 11.1. The van der Waals surface area contributed by atoms with Gasteiger partial charge in [-0.15, -0.1) is 0 Å². The number of rotatable bonds is 8. The molecule has 0 N–H and O–H groups in total. The number of ether oxygens (including phenoxy) is 2. The van der Waals surface area contributed by atoms with Gasteiger partial charge in [0.1, 0.15) is 0 Å². The van der Waals surface area contributed by atoms with Gasteiger partial charge in [-0.2, -0.15) is 0 Å². The van der Waals surface area contributed by atoms with Gasteiger partial charge in [0, 0.05) is 13.0 Å². The summed E-state index contributed by atoms with van der Waals surface area (Å²) in [5, 5.41) is 0. The van der Waals surface area contributed by atoms with Crippen LogP contribution in [0, 0.1) is 23.7 Å².